The van der Waals surface area contributed by atoms with Crippen LogP contribution in [0, 0.1) is 15.9 Å². The van der Waals surface area contributed by atoms with Crippen molar-refractivity contribution < 1.29 is 9.31 Å². The Bertz CT molecular complexity index is 589. The van der Waals surface area contributed by atoms with Crippen LogP contribution in [0.1, 0.15) is 0 Å². The van der Waals surface area contributed by atoms with Gasteiger partial charge in [-0.3, -0.25) is 10.1 Å². The maximum atomic E-state index is 13.2. The molecule has 0 saturated carbocycles. The number of nitrogens with zero attached hydrogens (tertiary/aromatic N) is 1. The van der Waals surface area contributed by atoms with Crippen LogP contribution in [-0.4, -0.2) is 4.92 Å². The zero-order chi connectivity index (χ0) is 13.1. The molecule has 0 unspecified atom stereocenters. The Morgan fingerprint density at radius 1 is 1.11 bits per heavy atom. The van der Waals surface area contributed by atoms with Gasteiger partial charge in [0.25, 0.3) is 5.69 Å². The molecular formula is C12H7BrFNO2S. The molecule has 0 saturated heterocycles. The minimum absolute atomic E-state index is 0.241. The number of halogens is 2. The lowest BCUT2D eigenvalue weighted by molar-refractivity contribution is -0.385. The first-order chi connectivity index (χ1) is 8.54. The van der Waals surface area contributed by atoms with E-state index in [0.717, 1.165) is 15.4 Å². The van der Waals surface area contributed by atoms with E-state index in [4.69, 9.17) is 0 Å². The summed E-state index contributed by atoms with van der Waals surface area (Å²) in [5, 5.41) is 10.6. The van der Waals surface area contributed by atoms with Gasteiger partial charge in [0.2, 0.25) is 0 Å². The molecule has 0 atom stereocenters. The van der Waals surface area contributed by atoms with Crippen LogP contribution in [0.4, 0.5) is 10.1 Å². The quantitative estimate of drug-likeness (QED) is 0.608. The molecule has 3 nitrogen and oxygen atoms in total. The van der Waals surface area contributed by atoms with Gasteiger partial charge in [0.05, 0.1) is 11.0 Å². The van der Waals surface area contributed by atoms with Crippen molar-refractivity contribution in [3.05, 3.63) is 62.9 Å². The standard InChI is InChI=1S/C12H7BrFNO2S/c13-8-1-3-11(4-2-8)18-12-6-9(14)5-10(7-12)15(16)17/h1-7H. The molecule has 0 amide bonds. The molecule has 0 heterocycles. The SMILES string of the molecule is O=[N+]([O-])c1cc(F)cc(Sc2ccc(Br)cc2)c1. The Labute approximate surface area is 115 Å². The van der Waals surface area contributed by atoms with Crippen molar-refractivity contribution in [3.8, 4) is 0 Å². The van der Waals surface area contributed by atoms with Gasteiger partial charge in [0, 0.05) is 20.3 Å². The number of hydrogen-bond acceptors (Lipinski definition) is 3. The number of rotatable bonds is 3. The molecule has 18 heavy (non-hydrogen) atoms. The number of nitro groups is 1. The topological polar surface area (TPSA) is 43.1 Å². The molecule has 0 aromatic heterocycles. The van der Waals surface area contributed by atoms with Crippen LogP contribution >= 0.6 is 27.7 Å². The van der Waals surface area contributed by atoms with Gasteiger partial charge in [-0.2, -0.15) is 0 Å². The summed E-state index contributed by atoms with van der Waals surface area (Å²) in [5.41, 5.74) is -0.241. The van der Waals surface area contributed by atoms with E-state index < -0.39 is 10.7 Å². The summed E-state index contributed by atoms with van der Waals surface area (Å²) in [6, 6.07) is 11.0. The summed E-state index contributed by atoms with van der Waals surface area (Å²) < 4.78 is 14.2. The average Bonchev–Trinajstić information content (AvgIpc) is 2.31. The van der Waals surface area contributed by atoms with Crippen LogP contribution in [0.25, 0.3) is 0 Å². The largest absolute Gasteiger partial charge is 0.273 e. The van der Waals surface area contributed by atoms with Crippen molar-refractivity contribution in [3.63, 3.8) is 0 Å². The fourth-order valence-electron chi connectivity index (χ4n) is 1.35. The summed E-state index contributed by atoms with van der Waals surface area (Å²) in [7, 11) is 0. The van der Waals surface area contributed by atoms with Gasteiger partial charge < -0.3 is 0 Å². The Morgan fingerprint density at radius 2 is 1.78 bits per heavy atom. The van der Waals surface area contributed by atoms with Gasteiger partial charge in [-0.1, -0.05) is 27.7 Å². The second kappa shape index (κ2) is 5.49. The van der Waals surface area contributed by atoms with Crippen molar-refractivity contribution in [2.24, 2.45) is 0 Å². The van der Waals surface area contributed by atoms with E-state index in [1.807, 2.05) is 24.3 Å². The minimum atomic E-state index is -0.608. The number of nitro benzene ring substituents is 1. The Balaban J connectivity index is 2.28. The minimum Gasteiger partial charge on any atom is -0.258 e. The third-order valence-corrected chi connectivity index (χ3v) is 3.62. The van der Waals surface area contributed by atoms with Crippen LogP contribution < -0.4 is 0 Å². The molecule has 0 aliphatic rings. The molecule has 6 heteroatoms. The second-order valence-electron chi connectivity index (χ2n) is 3.46. The first-order valence-corrected chi connectivity index (χ1v) is 6.54. The van der Waals surface area contributed by atoms with E-state index in [-0.39, 0.29) is 5.69 Å². The highest BCUT2D eigenvalue weighted by Crippen LogP contribution is 2.31. The molecule has 2 aromatic rings. The highest BCUT2D eigenvalue weighted by molar-refractivity contribution is 9.10. The monoisotopic (exact) mass is 327 g/mol. The molecule has 0 radical (unpaired) electrons. The fourth-order valence-corrected chi connectivity index (χ4v) is 2.51. The van der Waals surface area contributed by atoms with E-state index in [1.165, 1.54) is 23.9 Å². The Morgan fingerprint density at radius 3 is 2.39 bits per heavy atom. The molecule has 0 N–H and O–H groups in total. The lowest BCUT2D eigenvalue weighted by atomic mass is 10.3. The van der Waals surface area contributed by atoms with Crippen LogP contribution in [0.2, 0.25) is 0 Å². The summed E-state index contributed by atoms with van der Waals surface area (Å²) in [6.45, 7) is 0. The van der Waals surface area contributed by atoms with E-state index in [1.54, 1.807) is 0 Å². The number of benzene rings is 2. The molecule has 92 valence electrons. The Kier molecular flexibility index (Phi) is 3.98. The molecule has 0 spiro atoms. The number of hydrogen-bond donors (Lipinski definition) is 0. The smallest absolute Gasteiger partial charge is 0.258 e. The summed E-state index contributed by atoms with van der Waals surface area (Å²) in [4.78, 5) is 11.4. The van der Waals surface area contributed by atoms with Crippen LogP contribution in [0.3, 0.4) is 0 Å². The van der Waals surface area contributed by atoms with Crippen molar-refractivity contribution in [2.75, 3.05) is 0 Å². The first kappa shape index (κ1) is 13.0. The zero-order valence-electron chi connectivity index (χ0n) is 8.97. The normalized spacial score (nSPS) is 10.3. The Hall–Kier alpha value is -1.40. The predicted molar refractivity (Wildman–Crippen MR) is 71.3 cm³/mol. The predicted octanol–water partition coefficient (Wildman–Crippen LogP) is 4.65. The van der Waals surface area contributed by atoms with Gasteiger partial charge in [-0.25, -0.2) is 4.39 Å². The molecular weight excluding hydrogens is 321 g/mol. The highest BCUT2D eigenvalue weighted by atomic mass is 79.9. The first-order valence-electron chi connectivity index (χ1n) is 4.93. The van der Waals surface area contributed by atoms with Crippen LogP contribution in [0.15, 0.2) is 56.7 Å². The van der Waals surface area contributed by atoms with Crippen molar-refractivity contribution >= 4 is 33.4 Å². The third kappa shape index (κ3) is 3.30. The third-order valence-electron chi connectivity index (χ3n) is 2.12. The summed E-state index contributed by atoms with van der Waals surface area (Å²) in [5.74, 6) is -0.608. The van der Waals surface area contributed by atoms with Gasteiger partial charge in [-0.15, -0.1) is 0 Å². The molecule has 0 fully saturated rings. The molecule has 0 aliphatic heterocycles. The average molecular weight is 328 g/mol. The summed E-state index contributed by atoms with van der Waals surface area (Å²) >= 11 is 4.59. The summed E-state index contributed by atoms with van der Waals surface area (Å²) in [6.07, 6.45) is 0. The lowest BCUT2D eigenvalue weighted by Gasteiger charge is -2.02. The van der Waals surface area contributed by atoms with E-state index in [0.29, 0.717) is 4.90 Å². The van der Waals surface area contributed by atoms with Crippen molar-refractivity contribution in [1.82, 2.24) is 0 Å². The maximum Gasteiger partial charge on any atom is 0.273 e. The van der Waals surface area contributed by atoms with Gasteiger partial charge in [-0.05, 0) is 30.3 Å². The van der Waals surface area contributed by atoms with Crippen molar-refractivity contribution in [2.45, 2.75) is 9.79 Å². The van der Waals surface area contributed by atoms with Crippen LogP contribution in [-0.2, 0) is 0 Å². The molecule has 2 rings (SSSR count). The highest BCUT2D eigenvalue weighted by Gasteiger charge is 2.10. The van der Waals surface area contributed by atoms with E-state index >= 15 is 0 Å². The maximum absolute atomic E-state index is 13.2. The number of non-ortho nitro benzene ring substituents is 1. The van der Waals surface area contributed by atoms with E-state index in [9.17, 15) is 14.5 Å². The van der Waals surface area contributed by atoms with Gasteiger partial charge >= 0.3 is 0 Å². The van der Waals surface area contributed by atoms with Gasteiger partial charge in [0.15, 0.2) is 0 Å². The molecule has 2 aromatic carbocycles. The lowest BCUT2D eigenvalue weighted by Crippen LogP contribution is -1.89. The second-order valence-corrected chi connectivity index (χ2v) is 5.52. The van der Waals surface area contributed by atoms with Gasteiger partial charge in [0.1, 0.15) is 5.82 Å². The molecule has 0 aliphatic carbocycles. The van der Waals surface area contributed by atoms with Crippen LogP contribution in [0.5, 0.6) is 0 Å². The van der Waals surface area contributed by atoms with Crippen molar-refractivity contribution in [1.29, 1.82) is 0 Å². The zero-order valence-corrected chi connectivity index (χ0v) is 11.4. The fraction of sp³-hybridized carbons (Fsp3) is 0. The van der Waals surface area contributed by atoms with E-state index in [2.05, 4.69) is 15.9 Å². The molecule has 0 bridgehead atoms.